The summed E-state index contributed by atoms with van der Waals surface area (Å²) in [4.78, 5) is 14.2. The van der Waals surface area contributed by atoms with Crippen molar-refractivity contribution >= 4 is 40.5 Å². The first-order valence-electron chi connectivity index (χ1n) is 11.9. The number of hydrogen-bond donors (Lipinski definition) is 4. The fourth-order valence-electron chi connectivity index (χ4n) is 3.77. The van der Waals surface area contributed by atoms with Gasteiger partial charge in [0.05, 0.1) is 11.4 Å². The number of hydrogen-bond acceptors (Lipinski definition) is 6. The zero-order valence-corrected chi connectivity index (χ0v) is 22.1. The smallest absolute Gasteiger partial charge is 0.255 e. The van der Waals surface area contributed by atoms with Gasteiger partial charge >= 0.3 is 0 Å². The summed E-state index contributed by atoms with van der Waals surface area (Å²) in [6.07, 6.45) is 5.45. The molecular weight excluding hydrogens is 480 g/mol. The normalized spacial score (nSPS) is 14.4. The lowest BCUT2D eigenvalue weighted by Crippen LogP contribution is -2.14. The van der Waals surface area contributed by atoms with Gasteiger partial charge in [0, 0.05) is 26.6 Å². The van der Waals surface area contributed by atoms with Gasteiger partial charge in [-0.05, 0) is 78.6 Å². The van der Waals surface area contributed by atoms with Crippen LogP contribution in [-0.2, 0) is 5.41 Å². The third-order valence-corrected chi connectivity index (χ3v) is 6.71. The number of benzene rings is 3. The van der Waals surface area contributed by atoms with Gasteiger partial charge in [-0.1, -0.05) is 56.8 Å². The van der Waals surface area contributed by atoms with Crippen molar-refractivity contribution in [2.24, 2.45) is 5.10 Å². The third kappa shape index (κ3) is 6.57. The van der Waals surface area contributed by atoms with Gasteiger partial charge in [-0.2, -0.15) is 5.10 Å². The standard InChI is InChI=1S/C30H30N4O2S/c1-19-16-24(30(2,3)4)28(35)27(17-19)34-33-26-15-14-23(18-25(26)31)37-22-12-10-21(11-13-22)32-29(36)20-8-6-5-7-9-20/h5-18,31,34-35H,1-4H3,(H,32,36)/b31-25?,33-26-. The van der Waals surface area contributed by atoms with Crippen LogP contribution < -0.4 is 10.7 Å². The van der Waals surface area contributed by atoms with Crippen LogP contribution in [0, 0.1) is 12.3 Å². The number of nitrogens with zero attached hydrogens (tertiary/aromatic N) is 1. The molecule has 0 saturated heterocycles. The Morgan fingerprint density at radius 1 is 1.00 bits per heavy atom. The van der Waals surface area contributed by atoms with Crippen molar-refractivity contribution in [1.82, 2.24) is 0 Å². The van der Waals surface area contributed by atoms with Crippen molar-refractivity contribution in [3.05, 3.63) is 107 Å². The molecule has 0 unspecified atom stereocenters. The average molecular weight is 511 g/mol. The van der Waals surface area contributed by atoms with Gasteiger partial charge in [0.25, 0.3) is 5.91 Å². The van der Waals surface area contributed by atoms with Crippen LogP contribution in [0.15, 0.2) is 99.9 Å². The minimum Gasteiger partial charge on any atom is -0.505 e. The van der Waals surface area contributed by atoms with E-state index in [1.165, 1.54) is 11.8 Å². The molecule has 0 heterocycles. The first kappa shape index (κ1) is 26.0. The van der Waals surface area contributed by atoms with Crippen molar-refractivity contribution in [2.75, 3.05) is 10.7 Å². The Morgan fingerprint density at radius 2 is 1.70 bits per heavy atom. The lowest BCUT2D eigenvalue weighted by Gasteiger charge is -2.22. The van der Waals surface area contributed by atoms with Crippen LogP contribution in [0.4, 0.5) is 11.4 Å². The molecule has 0 fully saturated rings. The zero-order valence-electron chi connectivity index (χ0n) is 21.3. The number of carbonyl (C=O) groups excluding carboxylic acids is 1. The second-order valence-corrected chi connectivity index (χ2v) is 11.0. The van der Waals surface area contributed by atoms with E-state index in [0.29, 0.717) is 22.6 Å². The summed E-state index contributed by atoms with van der Waals surface area (Å²) in [6, 6.07) is 20.5. The van der Waals surface area contributed by atoms with Gasteiger partial charge < -0.3 is 10.4 Å². The minimum atomic E-state index is -0.211. The first-order valence-corrected chi connectivity index (χ1v) is 12.7. The summed E-state index contributed by atoms with van der Waals surface area (Å²) in [7, 11) is 0. The number of amides is 1. The lowest BCUT2D eigenvalue weighted by molar-refractivity contribution is 0.102. The summed E-state index contributed by atoms with van der Waals surface area (Å²) >= 11 is 1.52. The summed E-state index contributed by atoms with van der Waals surface area (Å²) in [5, 5.41) is 26.4. The maximum Gasteiger partial charge on any atom is 0.255 e. The molecule has 188 valence electrons. The van der Waals surface area contributed by atoms with Crippen molar-refractivity contribution in [3.8, 4) is 5.75 Å². The van der Waals surface area contributed by atoms with Crippen molar-refractivity contribution in [1.29, 1.82) is 5.41 Å². The number of aryl methyl sites for hydroxylation is 1. The molecule has 0 atom stereocenters. The SMILES string of the molecule is Cc1cc(N/N=C2/C=CC(Sc3ccc(NC(=O)c4ccccc4)cc3)=CC2=N)c(O)c(C(C)(C)C)c1. The topological polar surface area (TPSA) is 97.6 Å². The summed E-state index contributed by atoms with van der Waals surface area (Å²) in [6.45, 7) is 8.13. The summed E-state index contributed by atoms with van der Waals surface area (Å²) in [5.74, 6) is 0.0189. The van der Waals surface area contributed by atoms with Crippen molar-refractivity contribution in [3.63, 3.8) is 0 Å². The number of thioether (sulfide) groups is 1. The predicted molar refractivity (Wildman–Crippen MR) is 154 cm³/mol. The molecule has 1 aliphatic rings. The van der Waals surface area contributed by atoms with Crippen LogP contribution in [0.2, 0.25) is 0 Å². The number of carbonyl (C=O) groups is 1. The molecule has 0 aliphatic heterocycles. The molecule has 0 bridgehead atoms. The molecule has 0 radical (unpaired) electrons. The van der Waals surface area contributed by atoms with E-state index in [4.69, 9.17) is 5.41 Å². The average Bonchev–Trinajstić information content (AvgIpc) is 2.86. The van der Waals surface area contributed by atoms with Crippen LogP contribution in [-0.4, -0.2) is 22.4 Å². The van der Waals surface area contributed by atoms with Gasteiger partial charge in [-0.3, -0.25) is 15.6 Å². The fourth-order valence-corrected chi connectivity index (χ4v) is 4.62. The maximum atomic E-state index is 12.3. The Labute approximate surface area is 221 Å². The number of phenolic OH excluding ortho intramolecular Hbond substituents is 1. The van der Waals surface area contributed by atoms with Crippen LogP contribution in [0.3, 0.4) is 0 Å². The molecule has 1 aliphatic carbocycles. The van der Waals surface area contributed by atoms with Gasteiger partial charge in [-0.25, -0.2) is 0 Å². The molecule has 1 amide bonds. The maximum absolute atomic E-state index is 12.3. The molecule has 3 aromatic rings. The van der Waals surface area contributed by atoms with E-state index in [-0.39, 0.29) is 22.8 Å². The Balaban J connectivity index is 1.39. The van der Waals surface area contributed by atoms with Crippen LogP contribution in [0.1, 0.15) is 42.3 Å². The number of nitrogens with one attached hydrogen (secondary N) is 3. The van der Waals surface area contributed by atoms with Crippen LogP contribution in [0.25, 0.3) is 0 Å². The highest BCUT2D eigenvalue weighted by atomic mass is 32.2. The fraction of sp³-hybridized carbons (Fsp3) is 0.167. The highest BCUT2D eigenvalue weighted by molar-refractivity contribution is 8.03. The molecule has 37 heavy (non-hydrogen) atoms. The van der Waals surface area contributed by atoms with Crippen molar-refractivity contribution < 1.29 is 9.90 Å². The monoisotopic (exact) mass is 510 g/mol. The molecule has 0 aromatic heterocycles. The Morgan fingerprint density at radius 3 is 2.35 bits per heavy atom. The summed E-state index contributed by atoms with van der Waals surface area (Å²) in [5.41, 5.74) is 7.17. The molecule has 6 nitrogen and oxygen atoms in total. The van der Waals surface area contributed by atoms with E-state index >= 15 is 0 Å². The highest BCUT2D eigenvalue weighted by Crippen LogP contribution is 2.37. The number of phenols is 1. The largest absolute Gasteiger partial charge is 0.505 e. The van der Waals surface area contributed by atoms with Gasteiger partial charge in [0.15, 0.2) is 0 Å². The Bertz CT molecular complexity index is 1420. The van der Waals surface area contributed by atoms with E-state index < -0.39 is 0 Å². The lowest BCUT2D eigenvalue weighted by atomic mass is 9.85. The predicted octanol–water partition coefficient (Wildman–Crippen LogP) is 7.28. The molecule has 3 aromatic carbocycles. The van der Waals surface area contributed by atoms with Crippen LogP contribution in [0.5, 0.6) is 5.75 Å². The zero-order chi connectivity index (χ0) is 26.6. The molecule has 0 spiro atoms. The Kier molecular flexibility index (Phi) is 7.64. The highest BCUT2D eigenvalue weighted by Gasteiger charge is 2.21. The quantitative estimate of drug-likeness (QED) is 0.159. The number of aromatic hydroxyl groups is 1. The molecule has 4 N–H and O–H groups in total. The molecule has 0 saturated carbocycles. The van der Waals surface area contributed by atoms with Gasteiger partial charge in [-0.15, -0.1) is 0 Å². The number of hydrazone groups is 1. The molecule has 7 heteroatoms. The van der Waals surface area contributed by atoms with Crippen molar-refractivity contribution in [2.45, 2.75) is 38.0 Å². The van der Waals surface area contributed by atoms with Gasteiger partial charge in [0.1, 0.15) is 11.5 Å². The molecular formula is C30H30N4O2S. The summed E-state index contributed by atoms with van der Waals surface area (Å²) < 4.78 is 0. The molecule has 4 rings (SSSR count). The van der Waals surface area contributed by atoms with E-state index in [1.807, 2.05) is 67.6 Å². The second-order valence-electron chi connectivity index (χ2n) is 9.81. The van der Waals surface area contributed by atoms with E-state index in [9.17, 15) is 9.90 Å². The second kappa shape index (κ2) is 10.9. The van der Waals surface area contributed by atoms with Crippen LogP contribution >= 0.6 is 11.8 Å². The number of rotatable bonds is 6. The number of allylic oxidation sites excluding steroid dienone is 3. The third-order valence-electron chi connectivity index (χ3n) is 5.71. The Hall–Kier alpha value is -4.10. The van der Waals surface area contributed by atoms with E-state index in [1.54, 1.807) is 24.3 Å². The van der Waals surface area contributed by atoms with Gasteiger partial charge in [0.2, 0.25) is 0 Å². The first-order chi connectivity index (χ1) is 17.6. The van der Waals surface area contributed by atoms with E-state index in [2.05, 4.69) is 36.6 Å². The minimum absolute atomic E-state index is 0.151. The van der Waals surface area contributed by atoms with E-state index in [0.717, 1.165) is 20.9 Å². The number of anilines is 2.